The third-order valence-corrected chi connectivity index (χ3v) is 16.3. The summed E-state index contributed by atoms with van der Waals surface area (Å²) in [6.07, 6.45) is 0. The van der Waals surface area contributed by atoms with E-state index in [-0.39, 0.29) is 0 Å². The Labute approximate surface area is 378 Å². The maximum atomic E-state index is 5.34. The van der Waals surface area contributed by atoms with Crippen molar-refractivity contribution >= 4 is 116 Å². The van der Waals surface area contributed by atoms with E-state index in [0.29, 0.717) is 17.5 Å². The van der Waals surface area contributed by atoms with Gasteiger partial charge in [0.1, 0.15) is 0 Å². The third-order valence-electron chi connectivity index (χ3n) is 12.7. The topological polar surface area (TPSA) is 43.6 Å². The van der Waals surface area contributed by atoms with Gasteiger partial charge in [0, 0.05) is 89.0 Å². The monoisotopic (exact) mass is 868 g/mol. The van der Waals surface area contributed by atoms with E-state index in [4.69, 9.17) is 15.0 Å². The van der Waals surface area contributed by atoms with Gasteiger partial charge in [0.2, 0.25) is 0 Å². The van der Waals surface area contributed by atoms with Crippen molar-refractivity contribution in [2.75, 3.05) is 0 Å². The summed E-state index contributed by atoms with van der Waals surface area (Å²) in [5, 5.41) is 10.0. The van der Waals surface area contributed by atoms with Gasteiger partial charge in [-0.3, -0.25) is 0 Å². The number of rotatable bonds is 5. The molecule has 0 fully saturated rings. The number of nitrogens with zero attached hydrogens (tertiary/aromatic N) is 4. The van der Waals surface area contributed by atoms with Crippen LogP contribution in [0.15, 0.2) is 194 Å². The van der Waals surface area contributed by atoms with Gasteiger partial charge in [0.15, 0.2) is 17.5 Å². The molecule has 0 N–H and O–H groups in total. The summed E-state index contributed by atoms with van der Waals surface area (Å²) in [4.78, 5) is 16.0. The zero-order valence-corrected chi connectivity index (χ0v) is 36.4. The van der Waals surface area contributed by atoms with Gasteiger partial charge in [0.05, 0.1) is 15.7 Å². The molecule has 0 aliphatic heterocycles. The molecule has 298 valence electrons. The molecule has 14 rings (SSSR count). The lowest BCUT2D eigenvalue weighted by Crippen LogP contribution is -2.00. The molecule has 0 unspecified atom stereocenters. The quantitative estimate of drug-likeness (QED) is 0.173. The van der Waals surface area contributed by atoms with E-state index < -0.39 is 0 Å². The standard InChI is InChI=1S/C57H32N4S3/c1-5-25-47-37(17-1)41-29-30-44-40-20-4-8-28-50(40)64-54(44)51(41)61(47)36-16-10-14-34(32-36)33-13-9-15-35(31-33)55-58-56(45-23-11-21-42-38-18-2-6-26-48(38)62-52(42)45)60-57(59-55)46-24-12-22-43-39-19-3-7-27-49(39)63-53(43)46/h1-32H. The number of hydrogen-bond acceptors (Lipinski definition) is 6. The second-order valence-corrected chi connectivity index (χ2v) is 19.4. The lowest BCUT2D eigenvalue weighted by atomic mass is 10.0. The largest absolute Gasteiger partial charge is 0.308 e. The third kappa shape index (κ3) is 5.42. The Morgan fingerprint density at radius 2 is 0.766 bits per heavy atom. The summed E-state index contributed by atoms with van der Waals surface area (Å²) in [6, 6.07) is 70.0. The van der Waals surface area contributed by atoms with Crippen LogP contribution in [0.1, 0.15) is 0 Å². The van der Waals surface area contributed by atoms with Gasteiger partial charge in [0.25, 0.3) is 0 Å². The highest BCUT2D eigenvalue weighted by Gasteiger charge is 2.21. The normalized spacial score (nSPS) is 12.1. The van der Waals surface area contributed by atoms with Gasteiger partial charge in [-0.2, -0.15) is 0 Å². The number of benzene rings is 9. The average molecular weight is 869 g/mol. The van der Waals surface area contributed by atoms with Crippen molar-refractivity contribution in [1.82, 2.24) is 19.5 Å². The highest BCUT2D eigenvalue weighted by molar-refractivity contribution is 7.27. The number of hydrogen-bond donors (Lipinski definition) is 0. The van der Waals surface area contributed by atoms with Crippen LogP contribution in [-0.4, -0.2) is 19.5 Å². The molecular weight excluding hydrogens is 837 g/mol. The van der Waals surface area contributed by atoms with Crippen LogP contribution in [-0.2, 0) is 0 Å². The molecule has 5 heterocycles. The first-order valence-electron chi connectivity index (χ1n) is 21.3. The SMILES string of the molecule is c1cc(-c2cccc(-n3c4ccccc4c4ccc5c6ccccc6sc5c43)c2)cc(-c2nc(-c3cccc4c3sc3ccccc34)nc(-c3cccc4c3sc3ccccc34)n2)c1. The Kier molecular flexibility index (Phi) is 7.86. The lowest BCUT2D eigenvalue weighted by molar-refractivity contribution is 1.08. The molecule has 0 aliphatic rings. The van der Waals surface area contributed by atoms with Gasteiger partial charge in [-0.05, 0) is 65.7 Å². The van der Waals surface area contributed by atoms with Crippen LogP contribution < -0.4 is 0 Å². The Bertz CT molecular complexity index is 4090. The second-order valence-electron chi connectivity index (χ2n) is 16.3. The minimum Gasteiger partial charge on any atom is -0.308 e. The fraction of sp³-hybridized carbons (Fsp3) is 0. The van der Waals surface area contributed by atoms with Crippen molar-refractivity contribution in [2.45, 2.75) is 0 Å². The molecule has 9 aromatic carbocycles. The fourth-order valence-corrected chi connectivity index (χ4v) is 13.4. The summed E-state index contributed by atoms with van der Waals surface area (Å²) in [7, 11) is 0. The Balaban J connectivity index is 0.955. The molecular formula is C57H32N4S3. The van der Waals surface area contributed by atoms with Gasteiger partial charge in [-0.1, -0.05) is 140 Å². The van der Waals surface area contributed by atoms with Crippen molar-refractivity contribution in [3.63, 3.8) is 0 Å². The molecule has 7 heteroatoms. The van der Waals surface area contributed by atoms with Crippen molar-refractivity contribution < 1.29 is 0 Å². The average Bonchev–Trinajstić information content (AvgIpc) is 4.13. The molecule has 0 bridgehead atoms. The highest BCUT2D eigenvalue weighted by Crippen LogP contribution is 2.45. The molecule has 0 saturated heterocycles. The molecule has 0 aliphatic carbocycles. The zero-order valence-electron chi connectivity index (χ0n) is 34.0. The van der Waals surface area contributed by atoms with Crippen LogP contribution in [0.25, 0.3) is 133 Å². The Hall–Kier alpha value is -7.55. The summed E-state index contributed by atoms with van der Waals surface area (Å²) in [5.41, 5.74) is 8.73. The minimum atomic E-state index is 0.642. The van der Waals surface area contributed by atoms with E-state index in [1.165, 1.54) is 82.3 Å². The highest BCUT2D eigenvalue weighted by atomic mass is 32.1. The van der Waals surface area contributed by atoms with Gasteiger partial charge in [-0.25, -0.2) is 15.0 Å². The van der Waals surface area contributed by atoms with Crippen LogP contribution >= 0.6 is 34.0 Å². The van der Waals surface area contributed by atoms with E-state index in [2.05, 4.69) is 199 Å². The molecule has 64 heavy (non-hydrogen) atoms. The molecule has 0 spiro atoms. The maximum absolute atomic E-state index is 5.34. The smallest absolute Gasteiger partial charge is 0.165 e. The second kappa shape index (κ2) is 14.0. The first-order chi connectivity index (χ1) is 31.7. The van der Waals surface area contributed by atoms with E-state index in [0.717, 1.165) is 33.5 Å². The summed E-state index contributed by atoms with van der Waals surface area (Å²) >= 11 is 5.47. The van der Waals surface area contributed by atoms with Crippen LogP contribution in [0.4, 0.5) is 0 Å². The van der Waals surface area contributed by atoms with E-state index in [9.17, 15) is 0 Å². The number of para-hydroxylation sites is 1. The van der Waals surface area contributed by atoms with E-state index >= 15 is 0 Å². The molecule has 5 aromatic heterocycles. The molecule has 0 amide bonds. The van der Waals surface area contributed by atoms with Crippen LogP contribution in [0.5, 0.6) is 0 Å². The fourth-order valence-electron chi connectivity index (χ4n) is 9.75. The van der Waals surface area contributed by atoms with Gasteiger partial charge in [-0.15, -0.1) is 34.0 Å². The van der Waals surface area contributed by atoms with E-state index in [1.54, 1.807) is 22.7 Å². The summed E-state index contributed by atoms with van der Waals surface area (Å²) < 4.78 is 9.92. The lowest BCUT2D eigenvalue weighted by Gasteiger charge is -2.12. The predicted octanol–water partition coefficient (Wildman–Crippen LogP) is 16.7. The Morgan fingerprint density at radius 3 is 1.41 bits per heavy atom. The predicted molar refractivity (Wildman–Crippen MR) is 275 cm³/mol. The van der Waals surface area contributed by atoms with Crippen molar-refractivity contribution in [3.05, 3.63) is 194 Å². The van der Waals surface area contributed by atoms with Crippen molar-refractivity contribution in [2.24, 2.45) is 0 Å². The van der Waals surface area contributed by atoms with Crippen LogP contribution in [0.2, 0.25) is 0 Å². The number of aromatic nitrogens is 4. The number of thiophene rings is 3. The molecule has 0 saturated carbocycles. The van der Waals surface area contributed by atoms with Crippen molar-refractivity contribution in [3.8, 4) is 51.0 Å². The van der Waals surface area contributed by atoms with E-state index in [1.807, 2.05) is 11.3 Å². The van der Waals surface area contributed by atoms with Gasteiger partial charge >= 0.3 is 0 Å². The first-order valence-corrected chi connectivity index (χ1v) is 23.8. The zero-order chi connectivity index (χ0) is 41.9. The first kappa shape index (κ1) is 36.0. The maximum Gasteiger partial charge on any atom is 0.165 e. The van der Waals surface area contributed by atoms with Crippen LogP contribution in [0.3, 0.4) is 0 Å². The summed E-state index contributed by atoms with van der Waals surface area (Å²) in [5.74, 6) is 1.98. The van der Waals surface area contributed by atoms with Crippen molar-refractivity contribution in [1.29, 1.82) is 0 Å². The Morgan fingerprint density at radius 1 is 0.312 bits per heavy atom. The van der Waals surface area contributed by atoms with Crippen LogP contribution in [0, 0.1) is 0 Å². The molecule has 14 aromatic rings. The number of fused-ring (bicyclic) bond motifs is 13. The van der Waals surface area contributed by atoms with Gasteiger partial charge < -0.3 is 4.57 Å². The molecule has 4 nitrogen and oxygen atoms in total. The molecule has 0 atom stereocenters. The molecule has 0 radical (unpaired) electrons. The minimum absolute atomic E-state index is 0.642. The summed E-state index contributed by atoms with van der Waals surface area (Å²) in [6.45, 7) is 0.